The van der Waals surface area contributed by atoms with Gasteiger partial charge in [0.25, 0.3) is 0 Å². The first kappa shape index (κ1) is 16.6. The lowest BCUT2D eigenvalue weighted by atomic mass is 10.2. The topological polar surface area (TPSA) is 109 Å². The molecule has 0 saturated carbocycles. The second kappa shape index (κ2) is 7.48. The van der Waals surface area contributed by atoms with Crippen molar-refractivity contribution in [3.63, 3.8) is 0 Å². The van der Waals surface area contributed by atoms with Crippen molar-refractivity contribution in [1.29, 1.82) is 0 Å². The van der Waals surface area contributed by atoms with E-state index >= 15 is 0 Å². The summed E-state index contributed by atoms with van der Waals surface area (Å²) in [5.41, 5.74) is 0.774. The van der Waals surface area contributed by atoms with Gasteiger partial charge in [-0.2, -0.15) is 4.98 Å². The lowest BCUT2D eigenvalue weighted by Gasteiger charge is -2.24. The van der Waals surface area contributed by atoms with E-state index in [0.29, 0.717) is 11.7 Å². The molecule has 0 saturated heterocycles. The fraction of sp³-hybridized carbons (Fsp3) is 0.400. The second-order valence-electron chi connectivity index (χ2n) is 5.26. The summed E-state index contributed by atoms with van der Waals surface area (Å²) < 4.78 is 5.12. The van der Waals surface area contributed by atoms with Crippen molar-refractivity contribution < 1.29 is 19.2 Å². The molecule has 0 atom stereocenters. The zero-order chi connectivity index (χ0) is 16.8. The Hall–Kier alpha value is -2.77. The van der Waals surface area contributed by atoms with Crippen LogP contribution in [0.15, 0.2) is 29.0 Å². The van der Waals surface area contributed by atoms with Gasteiger partial charge >= 0.3 is 5.97 Å². The Morgan fingerprint density at radius 2 is 2.00 bits per heavy atom. The molecule has 0 spiro atoms. The summed E-state index contributed by atoms with van der Waals surface area (Å²) in [6.45, 7) is 3.23. The smallest absolute Gasteiger partial charge is 0.323 e. The molecule has 0 radical (unpaired) electrons. The van der Waals surface area contributed by atoms with Gasteiger partial charge in [-0.15, -0.1) is 0 Å². The number of hydrogen-bond acceptors (Lipinski definition) is 6. The van der Waals surface area contributed by atoms with Gasteiger partial charge in [-0.05, 0) is 26.0 Å². The second-order valence-corrected chi connectivity index (χ2v) is 5.26. The molecular formula is C15H18N4O4. The summed E-state index contributed by atoms with van der Waals surface area (Å²) in [5, 5.41) is 12.7. The van der Waals surface area contributed by atoms with Crippen LogP contribution in [0, 0.1) is 0 Å². The number of nitrogens with zero attached hydrogens (tertiary/aromatic N) is 4. The van der Waals surface area contributed by atoms with E-state index in [2.05, 4.69) is 15.1 Å². The zero-order valence-electron chi connectivity index (χ0n) is 13.0. The molecule has 2 aromatic rings. The van der Waals surface area contributed by atoms with Gasteiger partial charge in [-0.1, -0.05) is 5.16 Å². The predicted molar refractivity (Wildman–Crippen MR) is 80.3 cm³/mol. The number of carboxylic acids is 1. The number of rotatable bonds is 7. The summed E-state index contributed by atoms with van der Waals surface area (Å²) in [6, 6.07) is 3.33. The molecule has 0 aliphatic carbocycles. The van der Waals surface area contributed by atoms with Crippen LogP contribution in [0.4, 0.5) is 0 Å². The Labute approximate surface area is 133 Å². The first-order valence-corrected chi connectivity index (χ1v) is 7.21. The van der Waals surface area contributed by atoms with Gasteiger partial charge in [0.05, 0.1) is 0 Å². The Kier molecular flexibility index (Phi) is 5.40. The van der Waals surface area contributed by atoms with Gasteiger partial charge in [0.15, 0.2) is 0 Å². The highest BCUT2D eigenvalue weighted by molar-refractivity contribution is 5.81. The van der Waals surface area contributed by atoms with Crippen molar-refractivity contribution >= 4 is 11.9 Å². The molecule has 0 aliphatic rings. The van der Waals surface area contributed by atoms with Gasteiger partial charge in [0.2, 0.25) is 17.6 Å². The maximum absolute atomic E-state index is 12.1. The third kappa shape index (κ3) is 4.60. The summed E-state index contributed by atoms with van der Waals surface area (Å²) in [7, 11) is 0. The number of aliphatic carboxylic acids is 1. The number of amides is 1. The van der Waals surface area contributed by atoms with Crippen LogP contribution >= 0.6 is 0 Å². The molecule has 122 valence electrons. The molecule has 0 aliphatic heterocycles. The quantitative estimate of drug-likeness (QED) is 0.821. The van der Waals surface area contributed by atoms with Crippen LogP contribution in [0.1, 0.15) is 26.2 Å². The van der Waals surface area contributed by atoms with Crippen molar-refractivity contribution in [1.82, 2.24) is 20.0 Å². The lowest BCUT2D eigenvalue weighted by molar-refractivity contribution is -0.145. The number of hydrogen-bond donors (Lipinski definition) is 1. The Morgan fingerprint density at radius 1 is 1.30 bits per heavy atom. The Balaban J connectivity index is 1.96. The number of aryl methyl sites for hydroxylation is 1. The van der Waals surface area contributed by atoms with Gasteiger partial charge in [0.1, 0.15) is 6.54 Å². The van der Waals surface area contributed by atoms with Crippen LogP contribution in [0.5, 0.6) is 0 Å². The van der Waals surface area contributed by atoms with Crippen molar-refractivity contribution in [2.75, 3.05) is 6.54 Å². The average Bonchev–Trinajstić information content (AvgIpc) is 2.99. The van der Waals surface area contributed by atoms with Crippen LogP contribution in [-0.4, -0.2) is 49.6 Å². The minimum Gasteiger partial charge on any atom is -0.480 e. The molecule has 0 aromatic carbocycles. The van der Waals surface area contributed by atoms with Crippen LogP contribution in [0.3, 0.4) is 0 Å². The lowest BCUT2D eigenvalue weighted by Crippen LogP contribution is -2.40. The first-order valence-electron chi connectivity index (χ1n) is 7.21. The van der Waals surface area contributed by atoms with E-state index in [4.69, 9.17) is 9.63 Å². The van der Waals surface area contributed by atoms with Gasteiger partial charge in [0, 0.05) is 36.8 Å². The van der Waals surface area contributed by atoms with Crippen LogP contribution in [0.25, 0.3) is 11.4 Å². The maximum atomic E-state index is 12.1. The summed E-state index contributed by atoms with van der Waals surface area (Å²) in [6.07, 6.45) is 3.63. The molecule has 1 N–H and O–H groups in total. The fourth-order valence-corrected chi connectivity index (χ4v) is 2.04. The number of carboxylic acid groups (broad SMARTS) is 1. The molecule has 0 fully saturated rings. The largest absolute Gasteiger partial charge is 0.480 e. The fourth-order valence-electron chi connectivity index (χ4n) is 2.04. The van der Waals surface area contributed by atoms with E-state index in [1.165, 1.54) is 4.90 Å². The first-order chi connectivity index (χ1) is 11.0. The van der Waals surface area contributed by atoms with E-state index in [1.807, 2.05) is 0 Å². The summed E-state index contributed by atoms with van der Waals surface area (Å²) >= 11 is 0. The van der Waals surface area contributed by atoms with Crippen molar-refractivity contribution in [3.05, 3.63) is 30.4 Å². The number of carbonyl (C=O) groups excluding carboxylic acids is 1. The number of pyridine rings is 1. The maximum Gasteiger partial charge on any atom is 0.323 e. The van der Waals surface area contributed by atoms with Crippen molar-refractivity contribution in [2.24, 2.45) is 0 Å². The van der Waals surface area contributed by atoms with Crippen molar-refractivity contribution in [2.45, 2.75) is 32.7 Å². The monoisotopic (exact) mass is 318 g/mol. The third-order valence-electron chi connectivity index (χ3n) is 3.21. The molecule has 23 heavy (non-hydrogen) atoms. The van der Waals surface area contributed by atoms with E-state index in [-0.39, 0.29) is 31.3 Å². The molecule has 2 rings (SSSR count). The normalized spacial score (nSPS) is 10.7. The molecule has 0 unspecified atom stereocenters. The highest BCUT2D eigenvalue weighted by Crippen LogP contribution is 2.15. The Morgan fingerprint density at radius 3 is 2.61 bits per heavy atom. The molecular weight excluding hydrogens is 300 g/mol. The minimum absolute atomic E-state index is 0.115. The molecule has 8 nitrogen and oxygen atoms in total. The SMILES string of the molecule is CC(C)N(CC(=O)O)C(=O)CCc1nc(-c2ccncc2)no1. The highest BCUT2D eigenvalue weighted by Gasteiger charge is 2.20. The van der Waals surface area contributed by atoms with Crippen molar-refractivity contribution in [3.8, 4) is 11.4 Å². The summed E-state index contributed by atoms with van der Waals surface area (Å²) in [5.74, 6) is -0.527. The highest BCUT2D eigenvalue weighted by atomic mass is 16.5. The molecule has 0 bridgehead atoms. The molecule has 2 aromatic heterocycles. The van der Waals surface area contributed by atoms with Gasteiger partial charge in [-0.3, -0.25) is 14.6 Å². The van der Waals surface area contributed by atoms with E-state index in [9.17, 15) is 9.59 Å². The van der Waals surface area contributed by atoms with E-state index in [0.717, 1.165) is 5.56 Å². The molecule has 1 amide bonds. The Bertz CT molecular complexity index is 669. The van der Waals surface area contributed by atoms with Crippen LogP contribution in [-0.2, 0) is 16.0 Å². The van der Waals surface area contributed by atoms with E-state index in [1.54, 1.807) is 38.4 Å². The number of carbonyl (C=O) groups is 2. The molecule has 2 heterocycles. The summed E-state index contributed by atoms with van der Waals surface area (Å²) in [4.78, 5) is 32.4. The number of aromatic nitrogens is 3. The average molecular weight is 318 g/mol. The molecule has 8 heteroatoms. The van der Waals surface area contributed by atoms with E-state index < -0.39 is 5.97 Å². The third-order valence-corrected chi connectivity index (χ3v) is 3.21. The zero-order valence-corrected chi connectivity index (χ0v) is 13.0. The van der Waals surface area contributed by atoms with Crippen LogP contribution < -0.4 is 0 Å². The van der Waals surface area contributed by atoms with Gasteiger partial charge in [-0.25, -0.2) is 0 Å². The van der Waals surface area contributed by atoms with Gasteiger partial charge < -0.3 is 14.5 Å². The minimum atomic E-state index is -1.04. The predicted octanol–water partition coefficient (Wildman–Crippen LogP) is 1.39. The standard InChI is InChI=1S/C15H18N4O4/c1-10(2)19(9-14(21)22)13(20)4-3-12-17-15(18-23-12)11-5-7-16-8-6-11/h5-8,10H,3-4,9H2,1-2H3,(H,21,22). The van der Waals surface area contributed by atoms with Crippen LogP contribution in [0.2, 0.25) is 0 Å².